The third kappa shape index (κ3) is 6.04. The first-order valence-electron chi connectivity index (χ1n) is 11.1. The summed E-state index contributed by atoms with van der Waals surface area (Å²) in [5.74, 6) is 0.260. The van der Waals surface area contributed by atoms with Gasteiger partial charge in [0.05, 0.1) is 11.4 Å². The van der Waals surface area contributed by atoms with Crippen molar-refractivity contribution in [2.75, 3.05) is 5.75 Å². The molecule has 8 heteroatoms. The normalized spacial score (nSPS) is 10.9. The number of thioether (sulfide) groups is 1. The Labute approximate surface area is 209 Å². The number of benzene rings is 2. The van der Waals surface area contributed by atoms with Crippen LogP contribution in [0.4, 0.5) is 0 Å². The van der Waals surface area contributed by atoms with E-state index < -0.39 is 0 Å². The van der Waals surface area contributed by atoms with E-state index in [1.54, 1.807) is 18.7 Å². The number of rotatable bonds is 9. The summed E-state index contributed by atoms with van der Waals surface area (Å²) in [7, 11) is 0. The Morgan fingerprint density at radius 3 is 2.53 bits per heavy atom. The molecule has 2 aromatic heterocycles. The number of carbonyl (C=O) groups is 1. The molecule has 6 nitrogen and oxygen atoms in total. The highest BCUT2D eigenvalue weighted by atomic mass is 35.5. The monoisotopic (exact) mass is 491 g/mol. The van der Waals surface area contributed by atoms with E-state index in [4.69, 9.17) is 11.6 Å². The third-order valence-electron chi connectivity index (χ3n) is 5.53. The van der Waals surface area contributed by atoms with Crippen LogP contribution in [0.25, 0.3) is 5.69 Å². The van der Waals surface area contributed by atoms with Crippen LogP contribution in [0.5, 0.6) is 0 Å². The fourth-order valence-corrected chi connectivity index (χ4v) is 4.50. The van der Waals surface area contributed by atoms with Crippen LogP contribution < -0.4 is 0 Å². The zero-order valence-electron chi connectivity index (χ0n) is 19.2. The zero-order valence-corrected chi connectivity index (χ0v) is 20.8. The minimum absolute atomic E-state index is 0.0184. The van der Waals surface area contributed by atoms with Gasteiger partial charge in [-0.15, -0.1) is 10.2 Å². The van der Waals surface area contributed by atoms with E-state index in [0.717, 1.165) is 28.8 Å². The summed E-state index contributed by atoms with van der Waals surface area (Å²) in [6.07, 6.45) is 6.16. The maximum atomic E-state index is 13.3. The number of halogens is 1. The predicted octanol–water partition coefficient (Wildman–Crippen LogP) is 5.51. The second kappa shape index (κ2) is 11.3. The number of hydrogen-bond acceptors (Lipinski definition) is 5. The first-order valence-corrected chi connectivity index (χ1v) is 12.4. The molecule has 2 heterocycles. The van der Waals surface area contributed by atoms with Crippen LogP contribution in [0, 0.1) is 6.92 Å². The highest BCUT2D eigenvalue weighted by molar-refractivity contribution is 7.99. The van der Waals surface area contributed by atoms with Crippen LogP contribution in [0.3, 0.4) is 0 Å². The largest absolute Gasteiger partial charge is 0.333 e. The van der Waals surface area contributed by atoms with Crippen molar-refractivity contribution in [1.29, 1.82) is 0 Å². The number of amides is 1. The molecular formula is C26H26ClN5OS. The highest BCUT2D eigenvalue weighted by Crippen LogP contribution is 2.24. The van der Waals surface area contributed by atoms with Gasteiger partial charge in [-0.1, -0.05) is 66.7 Å². The van der Waals surface area contributed by atoms with Crippen molar-refractivity contribution in [1.82, 2.24) is 24.6 Å². The van der Waals surface area contributed by atoms with E-state index in [1.165, 1.54) is 17.3 Å². The Balaban J connectivity index is 1.49. The van der Waals surface area contributed by atoms with Gasteiger partial charge in [0.2, 0.25) is 5.91 Å². The summed E-state index contributed by atoms with van der Waals surface area (Å²) >= 11 is 7.66. The highest BCUT2D eigenvalue weighted by Gasteiger charge is 2.18. The van der Waals surface area contributed by atoms with Crippen LogP contribution in [-0.4, -0.2) is 36.3 Å². The number of aromatic nitrogens is 4. The number of carbonyl (C=O) groups excluding carboxylic acids is 1. The second-order valence-electron chi connectivity index (χ2n) is 7.99. The fourth-order valence-electron chi connectivity index (χ4n) is 3.49. The van der Waals surface area contributed by atoms with Crippen molar-refractivity contribution in [2.24, 2.45) is 0 Å². The third-order valence-corrected chi connectivity index (χ3v) is 6.86. The smallest absolute Gasteiger partial charge is 0.233 e. The summed E-state index contributed by atoms with van der Waals surface area (Å²) in [4.78, 5) is 19.4. The van der Waals surface area contributed by atoms with E-state index in [0.29, 0.717) is 23.3 Å². The van der Waals surface area contributed by atoms with E-state index in [1.807, 2.05) is 46.7 Å². The molecule has 0 bridgehead atoms. The van der Waals surface area contributed by atoms with Gasteiger partial charge in [-0.25, -0.2) is 0 Å². The molecule has 0 saturated heterocycles. The molecule has 0 fully saturated rings. The van der Waals surface area contributed by atoms with Gasteiger partial charge in [0.25, 0.3) is 0 Å². The predicted molar refractivity (Wildman–Crippen MR) is 136 cm³/mol. The molecule has 0 aliphatic heterocycles. The van der Waals surface area contributed by atoms with Gasteiger partial charge in [0, 0.05) is 30.5 Å². The van der Waals surface area contributed by atoms with Gasteiger partial charge >= 0.3 is 0 Å². The number of aryl methyl sites for hydroxylation is 2. The molecule has 0 N–H and O–H groups in total. The second-order valence-corrected chi connectivity index (χ2v) is 9.34. The number of hydrogen-bond donors (Lipinski definition) is 0. The molecule has 0 aliphatic rings. The summed E-state index contributed by atoms with van der Waals surface area (Å²) in [5.41, 5.74) is 5.22. The summed E-state index contributed by atoms with van der Waals surface area (Å²) in [6, 6.07) is 18.1. The first kappa shape index (κ1) is 24.0. The van der Waals surface area contributed by atoms with E-state index in [-0.39, 0.29) is 11.7 Å². The molecule has 4 rings (SSSR count). The summed E-state index contributed by atoms with van der Waals surface area (Å²) < 4.78 is 1.85. The van der Waals surface area contributed by atoms with Crippen LogP contribution in [0.1, 0.15) is 29.2 Å². The molecular weight excluding hydrogens is 466 g/mol. The summed E-state index contributed by atoms with van der Waals surface area (Å²) in [6.45, 7) is 5.11. The SMILES string of the molecule is CCc1ccc(CN(Cc2cccnc2)C(=O)CSc2nncn2-c2ccc(C)c(Cl)c2)cc1. The van der Waals surface area contributed by atoms with Crippen LogP contribution >= 0.6 is 23.4 Å². The average Bonchev–Trinajstić information content (AvgIpc) is 3.33. The molecule has 0 spiro atoms. The lowest BCUT2D eigenvalue weighted by Crippen LogP contribution is -2.31. The van der Waals surface area contributed by atoms with Crippen molar-refractivity contribution in [3.05, 3.63) is 101 Å². The molecule has 1 amide bonds. The van der Waals surface area contributed by atoms with E-state index >= 15 is 0 Å². The molecule has 4 aromatic rings. The molecule has 0 unspecified atom stereocenters. The Morgan fingerprint density at radius 2 is 1.82 bits per heavy atom. The number of nitrogens with zero attached hydrogens (tertiary/aromatic N) is 5. The average molecular weight is 492 g/mol. The topological polar surface area (TPSA) is 63.9 Å². The van der Waals surface area contributed by atoms with Crippen molar-refractivity contribution in [3.8, 4) is 5.69 Å². The van der Waals surface area contributed by atoms with Crippen LogP contribution in [0.15, 0.2) is 78.5 Å². The van der Waals surface area contributed by atoms with Crippen LogP contribution in [-0.2, 0) is 24.3 Å². The fraction of sp³-hybridized carbons (Fsp3) is 0.231. The molecule has 174 valence electrons. The standard InChI is InChI=1S/C26H26ClN5OS/c1-3-20-7-9-21(10-8-20)15-31(16-22-5-4-12-28-14-22)25(33)17-34-26-30-29-18-32(26)23-11-6-19(2)24(27)13-23/h4-14,18H,3,15-17H2,1-2H3. The van der Waals surface area contributed by atoms with Crippen molar-refractivity contribution in [2.45, 2.75) is 38.5 Å². The maximum Gasteiger partial charge on any atom is 0.233 e. The Morgan fingerprint density at radius 1 is 1.06 bits per heavy atom. The van der Waals surface area contributed by atoms with E-state index in [9.17, 15) is 4.79 Å². The van der Waals surface area contributed by atoms with Gasteiger partial charge in [-0.2, -0.15) is 0 Å². The van der Waals surface area contributed by atoms with Gasteiger partial charge in [0.1, 0.15) is 6.33 Å². The van der Waals surface area contributed by atoms with Gasteiger partial charge in [0.15, 0.2) is 5.16 Å². The Bertz CT molecular complexity index is 1240. The molecule has 0 atom stereocenters. The molecule has 0 aliphatic carbocycles. The van der Waals surface area contributed by atoms with Crippen molar-refractivity contribution < 1.29 is 4.79 Å². The minimum Gasteiger partial charge on any atom is -0.333 e. The van der Waals surface area contributed by atoms with Gasteiger partial charge in [-0.3, -0.25) is 14.3 Å². The zero-order chi connectivity index (χ0) is 23.9. The molecule has 34 heavy (non-hydrogen) atoms. The first-order chi connectivity index (χ1) is 16.5. The molecule has 0 radical (unpaired) electrons. The Kier molecular flexibility index (Phi) is 7.98. The van der Waals surface area contributed by atoms with Crippen molar-refractivity contribution in [3.63, 3.8) is 0 Å². The lowest BCUT2D eigenvalue weighted by atomic mass is 10.1. The maximum absolute atomic E-state index is 13.3. The summed E-state index contributed by atoms with van der Waals surface area (Å²) in [5, 5.41) is 9.57. The van der Waals surface area contributed by atoms with Crippen LogP contribution in [0.2, 0.25) is 5.02 Å². The minimum atomic E-state index is 0.0184. The lowest BCUT2D eigenvalue weighted by molar-refractivity contribution is -0.129. The Hall–Kier alpha value is -3.16. The van der Waals surface area contributed by atoms with E-state index in [2.05, 4.69) is 46.4 Å². The molecule has 2 aromatic carbocycles. The van der Waals surface area contributed by atoms with Crippen molar-refractivity contribution >= 4 is 29.3 Å². The number of pyridine rings is 1. The lowest BCUT2D eigenvalue weighted by Gasteiger charge is -2.23. The van der Waals surface area contributed by atoms with Gasteiger partial charge in [-0.05, 0) is 53.8 Å². The van der Waals surface area contributed by atoms with Gasteiger partial charge < -0.3 is 4.90 Å². The quantitative estimate of drug-likeness (QED) is 0.289. The molecule has 0 saturated carbocycles.